The van der Waals surface area contributed by atoms with Crippen LogP contribution in [0.15, 0.2) is 29.2 Å². The highest BCUT2D eigenvalue weighted by Crippen LogP contribution is 2.22. The molecule has 2 N–H and O–H groups in total. The third kappa shape index (κ3) is 4.57. The van der Waals surface area contributed by atoms with E-state index >= 15 is 0 Å². The van der Waals surface area contributed by atoms with E-state index in [1.54, 1.807) is 24.3 Å². The van der Waals surface area contributed by atoms with Crippen LogP contribution in [0, 0.1) is 0 Å². The van der Waals surface area contributed by atoms with Crippen LogP contribution in [0.25, 0.3) is 0 Å². The Bertz CT molecular complexity index is 546. The normalized spacial score (nSPS) is 20.1. The summed E-state index contributed by atoms with van der Waals surface area (Å²) in [4.78, 5) is 0.294. The van der Waals surface area contributed by atoms with Gasteiger partial charge in [0.1, 0.15) is 5.75 Å². The number of piperidine rings is 1. The highest BCUT2D eigenvalue weighted by Gasteiger charge is 2.28. The van der Waals surface area contributed by atoms with Gasteiger partial charge in [0, 0.05) is 19.1 Å². The number of hydrogen-bond donors (Lipinski definition) is 1. The zero-order valence-electron chi connectivity index (χ0n) is 12.4. The molecule has 1 unspecified atom stereocenters. The molecule has 1 aromatic carbocycles. The summed E-state index contributed by atoms with van der Waals surface area (Å²) < 4.78 is 32.0. The second-order valence-corrected chi connectivity index (χ2v) is 7.34. The second kappa shape index (κ2) is 7.45. The minimum Gasteiger partial charge on any atom is -0.491 e. The van der Waals surface area contributed by atoms with Gasteiger partial charge < -0.3 is 10.5 Å². The number of sulfonamides is 1. The van der Waals surface area contributed by atoms with E-state index in [1.807, 2.05) is 13.8 Å². The van der Waals surface area contributed by atoms with E-state index in [1.165, 1.54) is 4.31 Å². The summed E-state index contributed by atoms with van der Waals surface area (Å²) in [6.45, 7) is 4.80. The van der Waals surface area contributed by atoms with Gasteiger partial charge in [-0.15, -0.1) is 12.4 Å². The summed E-state index contributed by atoms with van der Waals surface area (Å²) in [5.74, 6) is 0.675. The van der Waals surface area contributed by atoms with E-state index < -0.39 is 10.0 Å². The van der Waals surface area contributed by atoms with Crippen molar-refractivity contribution in [3.05, 3.63) is 24.3 Å². The molecule has 1 aliphatic rings. The molecular weight excluding hydrogens is 312 g/mol. The third-order valence-electron chi connectivity index (χ3n) is 3.25. The lowest BCUT2D eigenvalue weighted by Gasteiger charge is -2.29. The van der Waals surface area contributed by atoms with Gasteiger partial charge in [-0.2, -0.15) is 4.31 Å². The standard InChI is InChI=1S/C14H22N2O3S.ClH/c1-11(2)19-13-5-7-14(8-6-13)20(17,18)16-9-3-4-12(15)10-16;/h5-8,11-12H,3-4,9-10,15H2,1-2H3;1H. The molecule has 1 saturated heterocycles. The largest absolute Gasteiger partial charge is 0.491 e. The van der Waals surface area contributed by atoms with Crippen LogP contribution in [0.5, 0.6) is 5.75 Å². The minimum absolute atomic E-state index is 0. The van der Waals surface area contributed by atoms with Gasteiger partial charge in [0.25, 0.3) is 0 Å². The highest BCUT2D eigenvalue weighted by atomic mass is 35.5. The molecule has 0 radical (unpaired) electrons. The smallest absolute Gasteiger partial charge is 0.243 e. The van der Waals surface area contributed by atoms with Gasteiger partial charge >= 0.3 is 0 Å². The van der Waals surface area contributed by atoms with Crippen molar-refractivity contribution in [1.29, 1.82) is 0 Å². The quantitative estimate of drug-likeness (QED) is 0.914. The number of hydrogen-bond acceptors (Lipinski definition) is 4. The van der Waals surface area contributed by atoms with Gasteiger partial charge in [-0.1, -0.05) is 0 Å². The van der Waals surface area contributed by atoms with E-state index in [0.29, 0.717) is 23.7 Å². The molecule has 2 rings (SSSR count). The minimum atomic E-state index is -3.44. The van der Waals surface area contributed by atoms with Crippen molar-refractivity contribution in [3.8, 4) is 5.75 Å². The molecule has 5 nitrogen and oxygen atoms in total. The Labute approximate surface area is 132 Å². The van der Waals surface area contributed by atoms with Crippen molar-refractivity contribution < 1.29 is 13.2 Å². The monoisotopic (exact) mass is 334 g/mol. The third-order valence-corrected chi connectivity index (χ3v) is 5.13. The Kier molecular flexibility index (Phi) is 6.46. The molecule has 0 saturated carbocycles. The van der Waals surface area contributed by atoms with E-state index in [2.05, 4.69) is 0 Å². The van der Waals surface area contributed by atoms with Gasteiger partial charge in [0.05, 0.1) is 11.0 Å². The summed E-state index contributed by atoms with van der Waals surface area (Å²) in [7, 11) is -3.44. The highest BCUT2D eigenvalue weighted by molar-refractivity contribution is 7.89. The molecule has 0 aliphatic carbocycles. The maximum atomic E-state index is 12.5. The van der Waals surface area contributed by atoms with Crippen LogP contribution in [0.3, 0.4) is 0 Å². The zero-order valence-corrected chi connectivity index (χ0v) is 14.0. The first-order valence-electron chi connectivity index (χ1n) is 6.92. The molecule has 0 amide bonds. The molecule has 1 aliphatic heterocycles. The van der Waals surface area contributed by atoms with Crippen LogP contribution in [0.1, 0.15) is 26.7 Å². The van der Waals surface area contributed by atoms with Crippen LogP contribution in [0.2, 0.25) is 0 Å². The van der Waals surface area contributed by atoms with Crippen LogP contribution < -0.4 is 10.5 Å². The van der Waals surface area contributed by atoms with Crippen LogP contribution in [0.4, 0.5) is 0 Å². The van der Waals surface area contributed by atoms with Crippen molar-refractivity contribution >= 4 is 22.4 Å². The Morgan fingerprint density at radius 1 is 1.29 bits per heavy atom. The molecule has 0 spiro atoms. The first-order valence-corrected chi connectivity index (χ1v) is 8.36. The Hall–Kier alpha value is -0.820. The molecule has 21 heavy (non-hydrogen) atoms. The predicted octanol–water partition coefficient (Wildman–Crippen LogP) is 2.01. The lowest BCUT2D eigenvalue weighted by molar-refractivity contribution is 0.242. The molecular formula is C14H23ClN2O3S. The number of halogens is 1. The molecule has 120 valence electrons. The summed E-state index contributed by atoms with van der Waals surface area (Å²) in [6.07, 6.45) is 1.76. The summed E-state index contributed by atoms with van der Waals surface area (Å²) in [6, 6.07) is 6.50. The SMILES string of the molecule is CC(C)Oc1ccc(S(=O)(=O)N2CCCC(N)C2)cc1.Cl. The van der Waals surface area contributed by atoms with Crippen LogP contribution in [-0.4, -0.2) is 38.0 Å². The van der Waals surface area contributed by atoms with E-state index in [9.17, 15) is 8.42 Å². The van der Waals surface area contributed by atoms with E-state index in [4.69, 9.17) is 10.5 Å². The molecule has 0 aromatic heterocycles. The lowest BCUT2D eigenvalue weighted by atomic mass is 10.1. The van der Waals surface area contributed by atoms with E-state index in [-0.39, 0.29) is 24.6 Å². The van der Waals surface area contributed by atoms with Crippen molar-refractivity contribution in [1.82, 2.24) is 4.31 Å². The van der Waals surface area contributed by atoms with Gasteiger partial charge in [0.15, 0.2) is 0 Å². The van der Waals surface area contributed by atoms with Crippen molar-refractivity contribution in [2.45, 2.75) is 43.7 Å². The zero-order chi connectivity index (χ0) is 14.8. The average Bonchev–Trinajstić information content (AvgIpc) is 2.38. The Morgan fingerprint density at radius 2 is 1.90 bits per heavy atom. The maximum Gasteiger partial charge on any atom is 0.243 e. The van der Waals surface area contributed by atoms with Gasteiger partial charge in [0.2, 0.25) is 10.0 Å². The van der Waals surface area contributed by atoms with Gasteiger partial charge in [-0.05, 0) is 51.0 Å². The van der Waals surface area contributed by atoms with Crippen LogP contribution >= 0.6 is 12.4 Å². The van der Waals surface area contributed by atoms with Gasteiger partial charge in [-0.25, -0.2) is 8.42 Å². The number of rotatable bonds is 4. The first kappa shape index (κ1) is 18.2. The van der Waals surface area contributed by atoms with Crippen molar-refractivity contribution in [3.63, 3.8) is 0 Å². The Morgan fingerprint density at radius 3 is 2.43 bits per heavy atom. The number of benzene rings is 1. The average molecular weight is 335 g/mol. The maximum absolute atomic E-state index is 12.5. The van der Waals surface area contributed by atoms with E-state index in [0.717, 1.165) is 12.8 Å². The molecule has 7 heteroatoms. The van der Waals surface area contributed by atoms with Gasteiger partial charge in [-0.3, -0.25) is 0 Å². The topological polar surface area (TPSA) is 72.6 Å². The second-order valence-electron chi connectivity index (χ2n) is 5.40. The molecule has 1 atom stereocenters. The number of ether oxygens (including phenoxy) is 1. The lowest BCUT2D eigenvalue weighted by Crippen LogP contribution is -2.45. The first-order chi connectivity index (χ1) is 9.39. The molecule has 1 heterocycles. The summed E-state index contributed by atoms with van der Waals surface area (Å²) >= 11 is 0. The molecule has 1 aromatic rings. The Balaban J connectivity index is 0.00000220. The fraction of sp³-hybridized carbons (Fsp3) is 0.571. The summed E-state index contributed by atoms with van der Waals surface area (Å²) in [5.41, 5.74) is 5.85. The number of nitrogens with two attached hydrogens (primary N) is 1. The fourth-order valence-electron chi connectivity index (χ4n) is 2.30. The summed E-state index contributed by atoms with van der Waals surface area (Å²) in [5, 5.41) is 0. The molecule has 0 bridgehead atoms. The molecule has 1 fully saturated rings. The number of nitrogens with zero attached hydrogens (tertiary/aromatic N) is 1. The predicted molar refractivity (Wildman–Crippen MR) is 85.4 cm³/mol. The fourth-order valence-corrected chi connectivity index (χ4v) is 3.84. The van der Waals surface area contributed by atoms with Crippen LogP contribution in [-0.2, 0) is 10.0 Å². The van der Waals surface area contributed by atoms with Crippen molar-refractivity contribution in [2.75, 3.05) is 13.1 Å². The van der Waals surface area contributed by atoms with Crippen molar-refractivity contribution in [2.24, 2.45) is 5.73 Å².